The van der Waals surface area contributed by atoms with E-state index < -0.39 is 11.9 Å². The molecule has 1 atom stereocenters. The molecular formula is C39H33NO5. The summed E-state index contributed by atoms with van der Waals surface area (Å²) in [5, 5.41) is 17.0. The highest BCUT2D eigenvalue weighted by Gasteiger charge is 2.30. The van der Waals surface area contributed by atoms with Crippen LogP contribution in [-0.4, -0.2) is 48.2 Å². The monoisotopic (exact) mass is 595 g/mol. The van der Waals surface area contributed by atoms with Gasteiger partial charge in [-0.3, -0.25) is 9.59 Å². The lowest BCUT2D eigenvalue weighted by atomic mass is 9.91. The van der Waals surface area contributed by atoms with Gasteiger partial charge in [0.15, 0.2) is 0 Å². The molecule has 6 aromatic carbocycles. The Kier molecular flexibility index (Phi) is 7.89. The molecule has 0 aliphatic carbocycles. The van der Waals surface area contributed by atoms with E-state index >= 15 is 0 Å². The summed E-state index contributed by atoms with van der Waals surface area (Å²) >= 11 is 0. The Morgan fingerprint density at radius 2 is 1.27 bits per heavy atom. The van der Waals surface area contributed by atoms with Gasteiger partial charge in [0.25, 0.3) is 0 Å². The number of fused-ring (bicyclic) bond motifs is 3. The maximum atomic E-state index is 14.3. The largest absolute Gasteiger partial charge is 0.507 e. The third kappa shape index (κ3) is 5.73. The van der Waals surface area contributed by atoms with E-state index in [2.05, 4.69) is 0 Å². The standard InChI is InChI=1S/C39H33NO5/c41-34-18-16-27-9-2-5-14-32(27)37(34)38-33-15-6-3-10-28(33)17-19-35(38)45-39(43)30(25-36(42)40-20-22-44-23-21-40)24-29-12-7-11-26-8-1-4-13-31(26)29/h1-19,30,41H,20-25H2/t30-/m1/s1. The number of morpholine rings is 1. The molecular weight excluding hydrogens is 562 g/mol. The Balaban J connectivity index is 1.31. The normalized spacial score (nSPS) is 14.1. The van der Waals surface area contributed by atoms with E-state index in [1.165, 1.54) is 0 Å². The molecule has 6 aromatic rings. The SMILES string of the molecule is O=C(Oc1ccc2ccccc2c1-c1c(O)ccc2ccccc12)[C@@H](CC(=O)N1CCOCC1)Cc1cccc2ccccc12. The molecule has 1 N–H and O–H groups in total. The highest BCUT2D eigenvalue weighted by molar-refractivity contribution is 6.10. The molecule has 0 saturated carbocycles. The topological polar surface area (TPSA) is 76.1 Å². The van der Waals surface area contributed by atoms with Gasteiger partial charge in [-0.25, -0.2) is 0 Å². The fraction of sp³-hybridized carbons (Fsp3) is 0.179. The molecule has 1 fully saturated rings. The number of carbonyl (C=O) groups excluding carboxylic acids is 2. The van der Waals surface area contributed by atoms with Gasteiger partial charge in [-0.2, -0.15) is 0 Å². The van der Waals surface area contributed by atoms with Crippen molar-refractivity contribution >= 4 is 44.2 Å². The Labute approximate surface area is 261 Å². The first kappa shape index (κ1) is 28.6. The van der Waals surface area contributed by atoms with Crippen molar-refractivity contribution < 1.29 is 24.2 Å². The lowest BCUT2D eigenvalue weighted by Gasteiger charge is -2.28. The van der Waals surface area contributed by atoms with Crippen LogP contribution in [0.15, 0.2) is 115 Å². The first-order chi connectivity index (χ1) is 22.1. The van der Waals surface area contributed by atoms with Crippen LogP contribution in [0.3, 0.4) is 0 Å². The van der Waals surface area contributed by atoms with Crippen LogP contribution in [0.1, 0.15) is 12.0 Å². The van der Waals surface area contributed by atoms with E-state index in [0.717, 1.165) is 37.9 Å². The fourth-order valence-electron chi connectivity index (χ4n) is 6.44. The van der Waals surface area contributed by atoms with Crippen molar-refractivity contribution in [2.45, 2.75) is 12.8 Å². The van der Waals surface area contributed by atoms with Crippen molar-refractivity contribution in [1.29, 1.82) is 0 Å². The highest BCUT2D eigenvalue weighted by atomic mass is 16.5. The number of hydrogen-bond donors (Lipinski definition) is 1. The van der Waals surface area contributed by atoms with Crippen LogP contribution in [0.5, 0.6) is 11.5 Å². The summed E-state index contributed by atoms with van der Waals surface area (Å²) < 4.78 is 11.8. The average molecular weight is 596 g/mol. The summed E-state index contributed by atoms with van der Waals surface area (Å²) in [5.41, 5.74) is 2.22. The molecule has 6 nitrogen and oxygen atoms in total. The van der Waals surface area contributed by atoms with Gasteiger partial charge in [-0.1, -0.05) is 103 Å². The number of esters is 1. The number of phenolic OH excluding ortho intramolecular Hbond substituents is 1. The van der Waals surface area contributed by atoms with E-state index in [9.17, 15) is 14.7 Å². The molecule has 0 radical (unpaired) electrons. The predicted octanol–water partition coefficient (Wildman–Crippen LogP) is 7.53. The maximum absolute atomic E-state index is 14.3. The number of carbonyl (C=O) groups is 2. The van der Waals surface area contributed by atoms with Crippen LogP contribution in [0.2, 0.25) is 0 Å². The van der Waals surface area contributed by atoms with E-state index in [4.69, 9.17) is 9.47 Å². The van der Waals surface area contributed by atoms with Gasteiger partial charge in [-0.05, 0) is 56.4 Å². The van der Waals surface area contributed by atoms with E-state index in [-0.39, 0.29) is 18.1 Å². The van der Waals surface area contributed by atoms with Crippen molar-refractivity contribution in [2.75, 3.05) is 26.3 Å². The number of hydrogen-bond acceptors (Lipinski definition) is 5. The van der Waals surface area contributed by atoms with Crippen LogP contribution in [0.25, 0.3) is 43.4 Å². The zero-order valence-corrected chi connectivity index (χ0v) is 24.8. The number of rotatable bonds is 7. The molecule has 1 amide bonds. The third-order valence-electron chi connectivity index (χ3n) is 8.72. The van der Waals surface area contributed by atoms with Crippen molar-refractivity contribution in [3.8, 4) is 22.6 Å². The zero-order chi connectivity index (χ0) is 30.8. The predicted molar refractivity (Wildman–Crippen MR) is 177 cm³/mol. The van der Waals surface area contributed by atoms with Gasteiger partial charge in [0.1, 0.15) is 11.5 Å². The second kappa shape index (κ2) is 12.4. The minimum atomic E-state index is -0.730. The molecule has 224 valence electrons. The number of phenols is 1. The molecule has 1 aliphatic heterocycles. The van der Waals surface area contributed by atoms with Crippen LogP contribution in [0.4, 0.5) is 0 Å². The molecule has 6 heteroatoms. The smallest absolute Gasteiger partial charge is 0.315 e. The summed E-state index contributed by atoms with van der Waals surface area (Å²) in [6.45, 7) is 1.98. The van der Waals surface area contributed by atoms with Crippen molar-refractivity contribution in [1.82, 2.24) is 4.90 Å². The fourth-order valence-corrected chi connectivity index (χ4v) is 6.44. The molecule has 7 rings (SSSR count). The molecule has 0 unspecified atom stereocenters. The first-order valence-corrected chi connectivity index (χ1v) is 15.3. The molecule has 1 aliphatic rings. The molecule has 1 saturated heterocycles. The Morgan fingerprint density at radius 1 is 0.689 bits per heavy atom. The molecule has 1 heterocycles. The number of aromatic hydroxyl groups is 1. The van der Waals surface area contributed by atoms with Crippen molar-refractivity contribution in [3.63, 3.8) is 0 Å². The first-order valence-electron chi connectivity index (χ1n) is 15.3. The lowest BCUT2D eigenvalue weighted by molar-refractivity contribution is -0.145. The molecule has 45 heavy (non-hydrogen) atoms. The summed E-state index contributed by atoms with van der Waals surface area (Å²) in [6.07, 6.45) is 0.364. The van der Waals surface area contributed by atoms with Gasteiger partial charge < -0.3 is 19.5 Å². The van der Waals surface area contributed by atoms with E-state index in [0.29, 0.717) is 49.6 Å². The maximum Gasteiger partial charge on any atom is 0.315 e. The average Bonchev–Trinajstić information content (AvgIpc) is 3.08. The van der Waals surface area contributed by atoms with Gasteiger partial charge >= 0.3 is 5.97 Å². The Bertz CT molecular complexity index is 2040. The van der Waals surface area contributed by atoms with Gasteiger partial charge in [0, 0.05) is 30.6 Å². The van der Waals surface area contributed by atoms with E-state index in [1.807, 2.05) is 103 Å². The van der Waals surface area contributed by atoms with Gasteiger partial charge in [0.2, 0.25) is 5.91 Å². The number of amides is 1. The summed E-state index contributed by atoms with van der Waals surface area (Å²) in [7, 11) is 0. The van der Waals surface area contributed by atoms with Crippen LogP contribution in [0, 0.1) is 5.92 Å². The van der Waals surface area contributed by atoms with Crippen LogP contribution >= 0.6 is 0 Å². The molecule has 0 spiro atoms. The molecule has 0 aromatic heterocycles. The lowest BCUT2D eigenvalue weighted by Crippen LogP contribution is -2.42. The molecule has 0 bridgehead atoms. The van der Waals surface area contributed by atoms with Gasteiger partial charge in [0.05, 0.1) is 19.1 Å². The minimum absolute atomic E-state index is 0.0183. The Morgan fingerprint density at radius 3 is 1.98 bits per heavy atom. The minimum Gasteiger partial charge on any atom is -0.507 e. The van der Waals surface area contributed by atoms with Crippen molar-refractivity contribution in [2.24, 2.45) is 5.92 Å². The van der Waals surface area contributed by atoms with Crippen LogP contribution < -0.4 is 4.74 Å². The highest BCUT2D eigenvalue weighted by Crippen LogP contribution is 2.45. The number of benzene rings is 6. The second-order valence-electron chi connectivity index (χ2n) is 11.5. The van der Waals surface area contributed by atoms with Gasteiger partial charge in [-0.15, -0.1) is 0 Å². The Hall–Kier alpha value is -5.20. The number of ether oxygens (including phenoxy) is 2. The quantitative estimate of drug-likeness (QED) is 0.153. The van der Waals surface area contributed by atoms with Crippen molar-refractivity contribution in [3.05, 3.63) is 121 Å². The summed E-state index contributed by atoms with van der Waals surface area (Å²) in [6, 6.07) is 37.1. The zero-order valence-electron chi connectivity index (χ0n) is 24.8. The van der Waals surface area contributed by atoms with Crippen LogP contribution in [-0.2, 0) is 20.7 Å². The summed E-state index contributed by atoms with van der Waals surface area (Å²) in [5.74, 6) is -0.873. The second-order valence-corrected chi connectivity index (χ2v) is 11.5. The summed E-state index contributed by atoms with van der Waals surface area (Å²) in [4.78, 5) is 29.5. The van der Waals surface area contributed by atoms with E-state index in [1.54, 1.807) is 17.0 Å². The number of nitrogens with zero attached hydrogens (tertiary/aromatic N) is 1. The third-order valence-corrected chi connectivity index (χ3v) is 8.72.